The van der Waals surface area contributed by atoms with Gasteiger partial charge in [-0.3, -0.25) is 4.79 Å². The molecule has 0 aliphatic carbocycles. The molecule has 0 heterocycles. The fourth-order valence-corrected chi connectivity index (χ4v) is 1.86. The summed E-state index contributed by atoms with van der Waals surface area (Å²) < 4.78 is 18.7. The highest BCUT2D eigenvalue weighted by Crippen LogP contribution is 2.14. The average molecular weight is 351 g/mol. The Bertz CT molecular complexity index is 421. The van der Waals surface area contributed by atoms with Crippen LogP contribution < -0.4 is 5.32 Å². The minimum absolute atomic E-state index is 0.223. The van der Waals surface area contributed by atoms with Gasteiger partial charge in [0.25, 0.3) is 5.91 Å². The third kappa shape index (κ3) is 4.23. The molecular formula is C12H15FINO2. The first-order valence-electron chi connectivity index (χ1n) is 5.14. The van der Waals surface area contributed by atoms with Gasteiger partial charge in [0.05, 0.1) is 11.2 Å². The number of carbonyl (C=O) groups is 1. The monoisotopic (exact) mass is 351 g/mol. The van der Waals surface area contributed by atoms with Crippen LogP contribution in [0, 0.1) is 9.39 Å². The highest BCUT2D eigenvalue weighted by atomic mass is 127. The number of halogens is 2. The van der Waals surface area contributed by atoms with Gasteiger partial charge in [-0.25, -0.2) is 4.39 Å². The molecule has 0 bridgehead atoms. The van der Waals surface area contributed by atoms with Crippen molar-refractivity contribution in [2.75, 3.05) is 13.7 Å². The maximum atomic E-state index is 12.9. The van der Waals surface area contributed by atoms with Crippen molar-refractivity contribution in [2.24, 2.45) is 0 Å². The van der Waals surface area contributed by atoms with Crippen molar-refractivity contribution >= 4 is 28.5 Å². The summed E-state index contributed by atoms with van der Waals surface area (Å²) in [6.45, 7) is 4.15. The Balaban J connectivity index is 2.71. The van der Waals surface area contributed by atoms with E-state index in [1.165, 1.54) is 18.2 Å². The Morgan fingerprint density at radius 2 is 2.18 bits per heavy atom. The Morgan fingerprint density at radius 1 is 1.53 bits per heavy atom. The minimum Gasteiger partial charge on any atom is -0.377 e. The van der Waals surface area contributed by atoms with E-state index in [2.05, 4.69) is 5.32 Å². The summed E-state index contributed by atoms with van der Waals surface area (Å²) in [5, 5.41) is 2.76. The fourth-order valence-electron chi connectivity index (χ4n) is 1.13. The molecule has 0 saturated heterocycles. The lowest BCUT2D eigenvalue weighted by molar-refractivity contribution is 0.0228. The maximum Gasteiger partial charge on any atom is 0.252 e. The zero-order valence-electron chi connectivity index (χ0n) is 10.0. The van der Waals surface area contributed by atoms with E-state index in [0.717, 1.165) is 0 Å². The van der Waals surface area contributed by atoms with Gasteiger partial charge < -0.3 is 10.1 Å². The van der Waals surface area contributed by atoms with Crippen LogP contribution in [0.15, 0.2) is 18.2 Å². The smallest absolute Gasteiger partial charge is 0.252 e. The van der Waals surface area contributed by atoms with Crippen molar-refractivity contribution in [3.63, 3.8) is 0 Å². The first kappa shape index (κ1) is 14.4. The second kappa shape index (κ2) is 5.77. The Kier molecular flexibility index (Phi) is 4.88. The van der Waals surface area contributed by atoms with E-state index < -0.39 is 5.60 Å². The average Bonchev–Trinajstić information content (AvgIpc) is 2.26. The molecule has 0 unspecified atom stereocenters. The topological polar surface area (TPSA) is 38.3 Å². The van der Waals surface area contributed by atoms with Gasteiger partial charge >= 0.3 is 0 Å². The van der Waals surface area contributed by atoms with Gasteiger partial charge in [0.1, 0.15) is 5.82 Å². The summed E-state index contributed by atoms with van der Waals surface area (Å²) >= 11 is 1.94. The van der Waals surface area contributed by atoms with Crippen molar-refractivity contribution in [3.8, 4) is 0 Å². The molecule has 0 aliphatic heterocycles. The van der Waals surface area contributed by atoms with Crippen LogP contribution in [0.3, 0.4) is 0 Å². The third-order valence-corrected chi connectivity index (χ3v) is 3.30. The molecule has 94 valence electrons. The van der Waals surface area contributed by atoms with Crippen molar-refractivity contribution in [3.05, 3.63) is 33.1 Å². The van der Waals surface area contributed by atoms with Crippen LogP contribution in [0.25, 0.3) is 0 Å². The number of hydrogen-bond acceptors (Lipinski definition) is 2. The van der Waals surface area contributed by atoms with Gasteiger partial charge in [0.2, 0.25) is 0 Å². The molecule has 0 saturated carbocycles. The summed E-state index contributed by atoms with van der Waals surface area (Å²) in [5.74, 6) is -0.567. The molecule has 0 aliphatic rings. The van der Waals surface area contributed by atoms with Crippen molar-refractivity contribution < 1.29 is 13.9 Å². The minimum atomic E-state index is -0.416. The van der Waals surface area contributed by atoms with Crippen LogP contribution in [0.5, 0.6) is 0 Å². The second-order valence-corrected chi connectivity index (χ2v) is 5.43. The first-order chi connectivity index (χ1) is 7.85. The molecular weight excluding hydrogens is 336 g/mol. The molecule has 0 radical (unpaired) electrons. The lowest BCUT2D eigenvalue weighted by Gasteiger charge is -2.23. The van der Waals surface area contributed by atoms with Crippen LogP contribution in [0.4, 0.5) is 4.39 Å². The van der Waals surface area contributed by atoms with Gasteiger partial charge in [-0.15, -0.1) is 0 Å². The van der Waals surface area contributed by atoms with E-state index >= 15 is 0 Å². The Labute approximate surface area is 114 Å². The number of methoxy groups -OCH3 is 1. The molecule has 3 nitrogen and oxygen atoms in total. The molecule has 1 rings (SSSR count). The number of hydrogen-bond donors (Lipinski definition) is 1. The van der Waals surface area contributed by atoms with E-state index in [1.54, 1.807) is 7.11 Å². The number of ether oxygens (including phenoxy) is 1. The van der Waals surface area contributed by atoms with Gasteiger partial charge in [-0.2, -0.15) is 0 Å². The van der Waals surface area contributed by atoms with Gasteiger partial charge in [-0.1, -0.05) is 0 Å². The van der Waals surface area contributed by atoms with Crippen LogP contribution in [-0.2, 0) is 4.74 Å². The summed E-state index contributed by atoms with van der Waals surface area (Å²) in [4.78, 5) is 11.8. The summed E-state index contributed by atoms with van der Waals surface area (Å²) in [7, 11) is 1.59. The molecule has 5 heteroatoms. The molecule has 1 aromatic carbocycles. The summed E-state index contributed by atoms with van der Waals surface area (Å²) in [6, 6.07) is 4.09. The highest BCUT2D eigenvalue weighted by molar-refractivity contribution is 14.1. The number of benzene rings is 1. The number of nitrogens with one attached hydrogen (secondary N) is 1. The predicted octanol–water partition coefficient (Wildman–Crippen LogP) is 2.59. The number of rotatable bonds is 4. The molecule has 1 amide bonds. The van der Waals surface area contributed by atoms with Crippen molar-refractivity contribution in [1.82, 2.24) is 5.32 Å². The SMILES string of the molecule is COC(C)(C)CNC(=O)c1ccc(F)cc1I. The third-order valence-electron chi connectivity index (χ3n) is 2.40. The summed E-state index contributed by atoms with van der Waals surface area (Å²) in [6.07, 6.45) is 0. The van der Waals surface area contributed by atoms with Crippen molar-refractivity contribution in [1.29, 1.82) is 0 Å². The fraction of sp³-hybridized carbons (Fsp3) is 0.417. The highest BCUT2D eigenvalue weighted by Gasteiger charge is 2.18. The van der Waals surface area contributed by atoms with Gasteiger partial charge in [-0.05, 0) is 54.6 Å². The molecule has 1 aromatic rings. The zero-order chi connectivity index (χ0) is 13.1. The second-order valence-electron chi connectivity index (χ2n) is 4.27. The van der Waals surface area contributed by atoms with Crippen LogP contribution >= 0.6 is 22.6 Å². The van der Waals surface area contributed by atoms with Crippen LogP contribution in [0.2, 0.25) is 0 Å². The molecule has 0 aromatic heterocycles. The van der Waals surface area contributed by atoms with E-state index in [1.807, 2.05) is 36.4 Å². The normalized spacial score (nSPS) is 11.4. The standard InChI is InChI=1S/C12H15FINO2/c1-12(2,17-3)7-15-11(16)9-5-4-8(13)6-10(9)14/h4-6H,7H2,1-3H3,(H,15,16). The van der Waals surface area contributed by atoms with Gasteiger partial charge in [0.15, 0.2) is 0 Å². The van der Waals surface area contributed by atoms with Crippen molar-refractivity contribution in [2.45, 2.75) is 19.4 Å². The number of carbonyl (C=O) groups excluding carboxylic acids is 1. The Morgan fingerprint density at radius 3 is 2.71 bits per heavy atom. The maximum absolute atomic E-state index is 12.9. The zero-order valence-corrected chi connectivity index (χ0v) is 12.2. The largest absolute Gasteiger partial charge is 0.377 e. The molecule has 17 heavy (non-hydrogen) atoms. The molecule has 1 N–H and O–H groups in total. The van der Waals surface area contributed by atoms with Crippen LogP contribution in [-0.4, -0.2) is 25.2 Å². The molecule has 0 spiro atoms. The van der Waals surface area contributed by atoms with E-state index in [0.29, 0.717) is 15.7 Å². The molecule has 0 fully saturated rings. The molecule has 0 atom stereocenters. The Hall–Kier alpha value is -0.690. The summed E-state index contributed by atoms with van der Waals surface area (Å²) in [5.41, 5.74) is 0.0557. The number of amides is 1. The van der Waals surface area contributed by atoms with Crippen LogP contribution in [0.1, 0.15) is 24.2 Å². The quantitative estimate of drug-likeness (QED) is 0.847. The van der Waals surface area contributed by atoms with E-state index in [-0.39, 0.29) is 11.7 Å². The lowest BCUT2D eigenvalue weighted by atomic mass is 10.1. The predicted molar refractivity (Wildman–Crippen MR) is 72.5 cm³/mol. The first-order valence-corrected chi connectivity index (χ1v) is 6.22. The van der Waals surface area contributed by atoms with Gasteiger partial charge in [0, 0.05) is 17.2 Å². The van der Waals surface area contributed by atoms with E-state index in [4.69, 9.17) is 4.74 Å². The van der Waals surface area contributed by atoms with E-state index in [9.17, 15) is 9.18 Å². The lowest BCUT2D eigenvalue weighted by Crippen LogP contribution is -2.39.